The van der Waals surface area contributed by atoms with Crippen molar-refractivity contribution >= 4 is 0 Å². The number of nitrogens with zero attached hydrogens (tertiary/aromatic N) is 2. The molecule has 1 rings (SSSR count). The Bertz CT molecular complexity index is 226. The van der Waals surface area contributed by atoms with E-state index >= 15 is 0 Å². The molecule has 1 atom stereocenters. The average molecular weight is 199 g/mol. The van der Waals surface area contributed by atoms with Gasteiger partial charge in [0.2, 0.25) is 6.39 Å². The third-order valence-corrected chi connectivity index (χ3v) is 1.88. The zero-order valence-electron chi connectivity index (χ0n) is 8.69. The van der Waals surface area contributed by atoms with E-state index in [0.29, 0.717) is 5.92 Å². The first kappa shape index (κ1) is 11.1. The second-order valence-electron chi connectivity index (χ2n) is 3.36. The van der Waals surface area contributed by atoms with Crippen molar-refractivity contribution in [1.29, 1.82) is 0 Å². The van der Waals surface area contributed by atoms with E-state index in [2.05, 4.69) is 26.9 Å². The monoisotopic (exact) mass is 199 g/mol. The number of rotatable bonds is 7. The number of aromatic nitrogens is 2. The molecule has 0 amide bonds. The summed E-state index contributed by atoms with van der Waals surface area (Å²) in [5.41, 5.74) is 0. The van der Waals surface area contributed by atoms with Gasteiger partial charge in [-0.15, -0.1) is 0 Å². The Morgan fingerprint density at radius 2 is 2.50 bits per heavy atom. The Labute approximate surface area is 83.8 Å². The molecule has 1 aromatic rings. The van der Waals surface area contributed by atoms with E-state index in [-0.39, 0.29) is 0 Å². The Morgan fingerprint density at radius 3 is 3.14 bits per heavy atom. The third-order valence-electron chi connectivity index (χ3n) is 1.88. The van der Waals surface area contributed by atoms with Gasteiger partial charge in [-0.1, -0.05) is 12.1 Å². The predicted octanol–water partition coefficient (Wildman–Crippen LogP) is 0.484. The first-order chi connectivity index (χ1) is 6.83. The van der Waals surface area contributed by atoms with Gasteiger partial charge in [0.25, 0.3) is 0 Å². The van der Waals surface area contributed by atoms with Crippen LogP contribution >= 0.6 is 0 Å². The highest BCUT2D eigenvalue weighted by Crippen LogP contribution is 1.93. The number of nitrogens with one attached hydrogen (secondary N) is 1. The van der Waals surface area contributed by atoms with Crippen LogP contribution in [-0.2, 0) is 11.2 Å². The zero-order valence-corrected chi connectivity index (χ0v) is 8.69. The molecule has 0 spiro atoms. The first-order valence-corrected chi connectivity index (χ1v) is 4.78. The van der Waals surface area contributed by atoms with Gasteiger partial charge in [-0.05, 0) is 12.5 Å². The van der Waals surface area contributed by atoms with Gasteiger partial charge in [-0.3, -0.25) is 0 Å². The predicted molar refractivity (Wildman–Crippen MR) is 51.9 cm³/mol. The van der Waals surface area contributed by atoms with Crippen LogP contribution in [0.5, 0.6) is 0 Å². The van der Waals surface area contributed by atoms with Crippen LogP contribution in [0.15, 0.2) is 10.9 Å². The minimum atomic E-state index is 0.533. The molecule has 1 aromatic heterocycles. The van der Waals surface area contributed by atoms with E-state index in [0.717, 1.165) is 31.9 Å². The molecule has 0 radical (unpaired) electrons. The first-order valence-electron chi connectivity index (χ1n) is 4.78. The second kappa shape index (κ2) is 6.50. The van der Waals surface area contributed by atoms with Gasteiger partial charge in [0.05, 0.1) is 0 Å². The SMILES string of the molecule is COCC(C)CNCCc1ncon1. The van der Waals surface area contributed by atoms with E-state index < -0.39 is 0 Å². The van der Waals surface area contributed by atoms with Crippen molar-refractivity contribution in [2.24, 2.45) is 5.92 Å². The normalized spacial score (nSPS) is 13.0. The number of methoxy groups -OCH3 is 1. The van der Waals surface area contributed by atoms with E-state index in [9.17, 15) is 0 Å². The Morgan fingerprint density at radius 1 is 1.64 bits per heavy atom. The molecule has 0 fully saturated rings. The summed E-state index contributed by atoms with van der Waals surface area (Å²) in [6.45, 7) is 4.75. The van der Waals surface area contributed by atoms with E-state index in [1.165, 1.54) is 6.39 Å². The van der Waals surface area contributed by atoms with Crippen LogP contribution in [0, 0.1) is 5.92 Å². The van der Waals surface area contributed by atoms with Crippen molar-refractivity contribution in [1.82, 2.24) is 15.5 Å². The highest BCUT2D eigenvalue weighted by molar-refractivity contribution is 4.78. The van der Waals surface area contributed by atoms with Crippen molar-refractivity contribution in [3.8, 4) is 0 Å². The summed E-state index contributed by atoms with van der Waals surface area (Å²) in [7, 11) is 1.72. The summed E-state index contributed by atoms with van der Waals surface area (Å²) in [4.78, 5) is 3.93. The summed E-state index contributed by atoms with van der Waals surface area (Å²) in [5.74, 6) is 1.28. The van der Waals surface area contributed by atoms with Crippen LogP contribution in [0.1, 0.15) is 12.7 Å². The lowest BCUT2D eigenvalue weighted by molar-refractivity contribution is 0.158. The second-order valence-corrected chi connectivity index (χ2v) is 3.36. The Hall–Kier alpha value is -0.940. The van der Waals surface area contributed by atoms with Crippen molar-refractivity contribution in [3.05, 3.63) is 12.2 Å². The molecule has 1 heterocycles. The van der Waals surface area contributed by atoms with Gasteiger partial charge in [0.15, 0.2) is 5.82 Å². The summed E-state index contributed by atoms with van der Waals surface area (Å²) >= 11 is 0. The van der Waals surface area contributed by atoms with Crippen molar-refractivity contribution in [2.75, 3.05) is 26.8 Å². The molecule has 0 saturated carbocycles. The maximum absolute atomic E-state index is 5.03. The summed E-state index contributed by atoms with van der Waals surface area (Å²) in [6.07, 6.45) is 2.15. The van der Waals surface area contributed by atoms with Crippen molar-refractivity contribution < 1.29 is 9.26 Å². The standard InChI is InChI=1S/C9H17N3O2/c1-8(6-13-2)5-10-4-3-9-11-7-14-12-9/h7-8,10H,3-6H2,1-2H3. The molecular formula is C9H17N3O2. The number of hydrogen-bond donors (Lipinski definition) is 1. The van der Waals surface area contributed by atoms with Gasteiger partial charge < -0.3 is 14.6 Å². The van der Waals surface area contributed by atoms with E-state index in [4.69, 9.17) is 4.74 Å². The van der Waals surface area contributed by atoms with Crippen LogP contribution in [0.4, 0.5) is 0 Å². The maximum Gasteiger partial charge on any atom is 0.213 e. The molecule has 0 aliphatic rings. The molecule has 1 N–H and O–H groups in total. The fraction of sp³-hybridized carbons (Fsp3) is 0.778. The van der Waals surface area contributed by atoms with Crippen LogP contribution < -0.4 is 5.32 Å². The minimum absolute atomic E-state index is 0.533. The molecular weight excluding hydrogens is 182 g/mol. The molecule has 5 nitrogen and oxygen atoms in total. The molecule has 14 heavy (non-hydrogen) atoms. The van der Waals surface area contributed by atoms with Gasteiger partial charge in [-0.2, -0.15) is 4.98 Å². The molecule has 0 aliphatic heterocycles. The van der Waals surface area contributed by atoms with Crippen LogP contribution in [-0.4, -0.2) is 36.9 Å². The molecule has 1 unspecified atom stereocenters. The Kier molecular flexibility index (Phi) is 5.17. The third kappa shape index (κ3) is 4.34. The van der Waals surface area contributed by atoms with Crippen LogP contribution in [0.2, 0.25) is 0 Å². The largest absolute Gasteiger partial charge is 0.384 e. The lowest BCUT2D eigenvalue weighted by Crippen LogP contribution is -2.25. The van der Waals surface area contributed by atoms with Crippen LogP contribution in [0.3, 0.4) is 0 Å². The molecule has 0 aliphatic carbocycles. The molecule has 0 saturated heterocycles. The average Bonchev–Trinajstić information content (AvgIpc) is 2.65. The fourth-order valence-electron chi connectivity index (χ4n) is 1.19. The number of ether oxygens (including phenoxy) is 1. The van der Waals surface area contributed by atoms with Gasteiger partial charge in [0.1, 0.15) is 0 Å². The topological polar surface area (TPSA) is 60.2 Å². The fourth-order valence-corrected chi connectivity index (χ4v) is 1.19. The highest BCUT2D eigenvalue weighted by atomic mass is 16.5. The molecule has 80 valence electrons. The molecule has 0 aromatic carbocycles. The van der Waals surface area contributed by atoms with Crippen molar-refractivity contribution in [3.63, 3.8) is 0 Å². The lowest BCUT2D eigenvalue weighted by atomic mass is 10.2. The molecule has 0 bridgehead atoms. The number of hydrogen-bond acceptors (Lipinski definition) is 5. The van der Waals surface area contributed by atoms with Gasteiger partial charge in [0, 0.05) is 26.7 Å². The quantitative estimate of drug-likeness (QED) is 0.647. The summed E-state index contributed by atoms with van der Waals surface area (Å²) in [5, 5.41) is 7.03. The van der Waals surface area contributed by atoms with Crippen molar-refractivity contribution in [2.45, 2.75) is 13.3 Å². The summed E-state index contributed by atoms with van der Waals surface area (Å²) in [6, 6.07) is 0. The van der Waals surface area contributed by atoms with Gasteiger partial charge in [-0.25, -0.2) is 0 Å². The zero-order chi connectivity index (χ0) is 10.2. The lowest BCUT2D eigenvalue weighted by Gasteiger charge is -2.10. The van der Waals surface area contributed by atoms with E-state index in [1.54, 1.807) is 7.11 Å². The maximum atomic E-state index is 5.03. The van der Waals surface area contributed by atoms with Crippen LogP contribution in [0.25, 0.3) is 0 Å². The van der Waals surface area contributed by atoms with E-state index in [1.807, 2.05) is 0 Å². The smallest absolute Gasteiger partial charge is 0.213 e. The Balaban J connectivity index is 1.99. The van der Waals surface area contributed by atoms with Gasteiger partial charge >= 0.3 is 0 Å². The summed E-state index contributed by atoms with van der Waals surface area (Å²) < 4.78 is 9.65. The minimum Gasteiger partial charge on any atom is -0.384 e. The molecule has 5 heteroatoms. The highest BCUT2D eigenvalue weighted by Gasteiger charge is 2.01.